The molecule has 1 heterocycles. The van der Waals surface area contributed by atoms with Crippen molar-refractivity contribution in [2.45, 2.75) is 6.92 Å². The summed E-state index contributed by atoms with van der Waals surface area (Å²) in [5.74, 6) is 0. The lowest BCUT2D eigenvalue weighted by Crippen LogP contribution is -1.98. The highest BCUT2D eigenvalue weighted by Crippen LogP contribution is 2.23. The van der Waals surface area contributed by atoms with E-state index in [0.29, 0.717) is 5.03 Å². The number of hydrogen-bond acceptors (Lipinski definition) is 2. The molecule has 0 N–H and O–H groups in total. The largest absolute Gasteiger partial charge is 0.237 e. The molecule has 2 rings (SSSR count). The third-order valence-electron chi connectivity index (χ3n) is 2.46. The Balaban J connectivity index is 2.48. The molecule has 0 fully saturated rings. The maximum absolute atomic E-state index is 8.57. The zero-order valence-corrected chi connectivity index (χ0v) is 10.0. The van der Waals surface area contributed by atoms with Crippen LogP contribution in [-0.2, 0) is 0 Å². The molecule has 0 amide bonds. The lowest BCUT2D eigenvalue weighted by atomic mass is 10.2. The van der Waals surface area contributed by atoms with E-state index in [1.807, 2.05) is 43.3 Å². The van der Waals surface area contributed by atoms with Crippen molar-refractivity contribution >= 4 is 16.6 Å². The number of nitrogens with zero attached hydrogens (tertiary/aromatic N) is 3. The molecule has 0 unspecified atom stereocenters. The summed E-state index contributed by atoms with van der Waals surface area (Å²) in [4.78, 5) is 0. The number of benzene rings is 1. The van der Waals surface area contributed by atoms with E-state index in [1.165, 1.54) is 6.08 Å². The summed E-state index contributed by atoms with van der Waals surface area (Å²) >= 11 is 6.00. The van der Waals surface area contributed by atoms with E-state index in [2.05, 4.69) is 5.10 Å². The van der Waals surface area contributed by atoms with E-state index >= 15 is 0 Å². The minimum atomic E-state index is 0.409. The molecule has 0 saturated heterocycles. The second-order valence-electron chi connectivity index (χ2n) is 3.51. The first-order valence-corrected chi connectivity index (χ1v) is 5.47. The van der Waals surface area contributed by atoms with Gasteiger partial charge in [-0.25, -0.2) is 4.68 Å². The molecular weight excluding hydrogens is 234 g/mol. The van der Waals surface area contributed by atoms with Crippen LogP contribution in [0, 0.1) is 18.3 Å². The van der Waals surface area contributed by atoms with Crippen LogP contribution >= 0.6 is 11.6 Å². The number of nitriles is 1. The minimum Gasteiger partial charge on any atom is -0.237 e. The van der Waals surface area contributed by atoms with Crippen LogP contribution in [0.4, 0.5) is 0 Å². The van der Waals surface area contributed by atoms with Gasteiger partial charge in [-0.1, -0.05) is 29.8 Å². The molecule has 4 heteroatoms. The van der Waals surface area contributed by atoms with Crippen molar-refractivity contribution in [3.63, 3.8) is 0 Å². The van der Waals surface area contributed by atoms with E-state index in [0.717, 1.165) is 16.9 Å². The summed E-state index contributed by atoms with van der Waals surface area (Å²) < 4.78 is 1.79. The molecule has 1 aromatic heterocycles. The molecule has 17 heavy (non-hydrogen) atoms. The maximum atomic E-state index is 8.57. The van der Waals surface area contributed by atoms with Gasteiger partial charge in [-0.15, -0.1) is 0 Å². The minimum absolute atomic E-state index is 0.409. The molecule has 0 atom stereocenters. The van der Waals surface area contributed by atoms with E-state index in [1.54, 1.807) is 10.9 Å². The maximum Gasteiger partial charge on any atom is 0.0927 e. The zero-order valence-electron chi connectivity index (χ0n) is 9.26. The van der Waals surface area contributed by atoms with Gasteiger partial charge in [-0.05, 0) is 19.1 Å². The fourth-order valence-electron chi connectivity index (χ4n) is 1.61. The van der Waals surface area contributed by atoms with Crippen LogP contribution in [0.3, 0.4) is 0 Å². The first kappa shape index (κ1) is 11.4. The molecule has 0 radical (unpaired) electrons. The number of para-hydroxylation sites is 1. The van der Waals surface area contributed by atoms with Crippen molar-refractivity contribution in [2.75, 3.05) is 0 Å². The van der Waals surface area contributed by atoms with Crippen LogP contribution in [0.2, 0.25) is 0 Å². The van der Waals surface area contributed by atoms with Crippen LogP contribution in [-0.4, -0.2) is 9.78 Å². The summed E-state index contributed by atoms with van der Waals surface area (Å²) in [6, 6.07) is 11.7. The molecule has 1 aromatic carbocycles. The average Bonchev–Trinajstić information content (AvgIpc) is 2.72. The molecule has 0 bridgehead atoms. The quantitative estimate of drug-likeness (QED) is 0.760. The number of aromatic nitrogens is 2. The van der Waals surface area contributed by atoms with Crippen molar-refractivity contribution in [1.29, 1.82) is 5.26 Å². The van der Waals surface area contributed by atoms with Gasteiger partial charge in [-0.2, -0.15) is 10.4 Å². The van der Waals surface area contributed by atoms with E-state index in [-0.39, 0.29) is 0 Å². The Bertz CT molecular complexity index is 591. The predicted octanol–water partition coefficient (Wildman–Crippen LogP) is 3.28. The third kappa shape index (κ3) is 2.22. The van der Waals surface area contributed by atoms with E-state index in [4.69, 9.17) is 16.9 Å². The molecule has 0 aliphatic rings. The first-order valence-electron chi connectivity index (χ1n) is 5.09. The average molecular weight is 244 g/mol. The Morgan fingerprint density at radius 2 is 2.12 bits per heavy atom. The highest BCUT2D eigenvalue weighted by molar-refractivity contribution is 6.49. The van der Waals surface area contributed by atoms with Gasteiger partial charge in [0, 0.05) is 17.3 Å². The first-order chi connectivity index (χ1) is 8.24. The van der Waals surface area contributed by atoms with Crippen molar-refractivity contribution in [3.05, 3.63) is 53.9 Å². The molecule has 0 saturated carbocycles. The van der Waals surface area contributed by atoms with Gasteiger partial charge in [0.15, 0.2) is 0 Å². The Kier molecular flexibility index (Phi) is 3.27. The van der Waals surface area contributed by atoms with Crippen LogP contribution in [0.5, 0.6) is 0 Å². The van der Waals surface area contributed by atoms with Crippen LogP contribution in [0.1, 0.15) is 11.3 Å². The highest BCUT2D eigenvalue weighted by atomic mass is 35.5. The van der Waals surface area contributed by atoms with Crippen LogP contribution < -0.4 is 0 Å². The summed E-state index contributed by atoms with van der Waals surface area (Å²) in [5, 5.41) is 13.3. The van der Waals surface area contributed by atoms with E-state index < -0.39 is 0 Å². The van der Waals surface area contributed by atoms with Gasteiger partial charge in [-0.3, -0.25) is 0 Å². The molecule has 84 valence electrons. The molecular formula is C13H10ClN3. The fourth-order valence-corrected chi connectivity index (χ4v) is 1.84. The highest BCUT2D eigenvalue weighted by Gasteiger charge is 2.10. The Hall–Kier alpha value is -2.05. The normalized spacial score (nSPS) is 11.2. The van der Waals surface area contributed by atoms with Gasteiger partial charge in [0.05, 0.1) is 23.0 Å². The second-order valence-corrected chi connectivity index (χ2v) is 3.92. The second kappa shape index (κ2) is 4.86. The number of halogens is 1. The van der Waals surface area contributed by atoms with Crippen molar-refractivity contribution in [3.8, 4) is 11.8 Å². The fraction of sp³-hybridized carbons (Fsp3) is 0.0769. The molecule has 3 nitrogen and oxygen atoms in total. The summed E-state index contributed by atoms with van der Waals surface area (Å²) in [7, 11) is 0. The molecule has 2 aromatic rings. The van der Waals surface area contributed by atoms with Crippen molar-refractivity contribution in [1.82, 2.24) is 9.78 Å². The Labute approximate surface area is 105 Å². The molecule has 0 aliphatic heterocycles. The zero-order chi connectivity index (χ0) is 12.3. The Morgan fingerprint density at radius 3 is 2.76 bits per heavy atom. The molecule has 0 aliphatic carbocycles. The molecule has 0 spiro atoms. The number of allylic oxidation sites excluding steroid dienone is 1. The SMILES string of the molecule is Cc1c(C(Cl)=CC#N)cnn1-c1ccccc1. The van der Waals surface area contributed by atoms with Crippen molar-refractivity contribution < 1.29 is 0 Å². The van der Waals surface area contributed by atoms with Gasteiger partial charge in [0.25, 0.3) is 0 Å². The van der Waals surface area contributed by atoms with E-state index in [9.17, 15) is 0 Å². The van der Waals surface area contributed by atoms with Crippen LogP contribution in [0.15, 0.2) is 42.6 Å². The summed E-state index contributed by atoms with van der Waals surface area (Å²) in [5.41, 5.74) is 2.66. The lowest BCUT2D eigenvalue weighted by molar-refractivity contribution is 0.847. The Morgan fingerprint density at radius 1 is 1.41 bits per heavy atom. The monoisotopic (exact) mass is 243 g/mol. The topological polar surface area (TPSA) is 41.6 Å². The lowest BCUT2D eigenvalue weighted by Gasteiger charge is -2.04. The number of rotatable bonds is 2. The summed E-state index contributed by atoms with van der Waals surface area (Å²) in [6.45, 7) is 1.92. The summed E-state index contributed by atoms with van der Waals surface area (Å²) in [6.07, 6.45) is 2.97. The smallest absolute Gasteiger partial charge is 0.0927 e. The number of hydrogen-bond donors (Lipinski definition) is 0. The van der Waals surface area contributed by atoms with Gasteiger partial charge in [0.1, 0.15) is 0 Å². The van der Waals surface area contributed by atoms with Gasteiger partial charge >= 0.3 is 0 Å². The van der Waals surface area contributed by atoms with Crippen LogP contribution in [0.25, 0.3) is 10.7 Å². The predicted molar refractivity (Wildman–Crippen MR) is 67.7 cm³/mol. The third-order valence-corrected chi connectivity index (χ3v) is 2.77. The van der Waals surface area contributed by atoms with Gasteiger partial charge < -0.3 is 0 Å². The van der Waals surface area contributed by atoms with Crippen molar-refractivity contribution in [2.24, 2.45) is 0 Å². The van der Waals surface area contributed by atoms with Gasteiger partial charge in [0.2, 0.25) is 0 Å². The standard InChI is InChI=1S/C13H10ClN3/c1-10-12(13(14)7-8-15)9-16-17(10)11-5-3-2-4-6-11/h2-7,9H,1H3.